The van der Waals surface area contributed by atoms with Gasteiger partial charge < -0.3 is 25.4 Å². The SMILES string of the molecule is CCCN(C(=O)C(CO)NC(=O)OC(C)(C)C)C(C(=O)Nc1c(C)cccc1Cl)c1cccc(C)c1. The number of aliphatic hydroxyl groups excluding tert-OH is 1. The standard InChI is InChI=1S/C27H36ClN3O5/c1-7-14-31(25(34)21(16-32)29-26(35)36-27(4,5)6)23(19-12-8-10-17(2)15-19)24(33)30-22-18(3)11-9-13-20(22)28/h8-13,15,21,23,32H,7,14,16H2,1-6H3,(H,29,35)(H,30,33). The molecule has 196 valence electrons. The molecule has 0 saturated carbocycles. The third kappa shape index (κ3) is 7.96. The number of hydrogen-bond donors (Lipinski definition) is 3. The summed E-state index contributed by atoms with van der Waals surface area (Å²) in [5.74, 6) is -1.07. The minimum Gasteiger partial charge on any atom is -0.444 e. The van der Waals surface area contributed by atoms with Gasteiger partial charge in [0.1, 0.15) is 17.7 Å². The van der Waals surface area contributed by atoms with Crippen LogP contribution in [0.1, 0.15) is 56.8 Å². The van der Waals surface area contributed by atoms with Crippen molar-refractivity contribution in [2.24, 2.45) is 0 Å². The molecule has 3 amide bonds. The number of aryl methyl sites for hydroxylation is 2. The van der Waals surface area contributed by atoms with Crippen LogP contribution in [0, 0.1) is 13.8 Å². The molecule has 0 aliphatic carbocycles. The minimum absolute atomic E-state index is 0.207. The van der Waals surface area contributed by atoms with Gasteiger partial charge in [-0.1, -0.05) is 60.5 Å². The third-order valence-electron chi connectivity index (χ3n) is 5.31. The quantitative estimate of drug-likeness (QED) is 0.444. The maximum Gasteiger partial charge on any atom is 0.408 e. The van der Waals surface area contributed by atoms with Gasteiger partial charge in [0.05, 0.1) is 17.3 Å². The van der Waals surface area contributed by atoms with Crippen LogP contribution in [0.15, 0.2) is 42.5 Å². The van der Waals surface area contributed by atoms with Crippen molar-refractivity contribution in [3.05, 3.63) is 64.2 Å². The van der Waals surface area contributed by atoms with Crippen molar-refractivity contribution in [3.63, 3.8) is 0 Å². The number of carbonyl (C=O) groups is 3. The highest BCUT2D eigenvalue weighted by atomic mass is 35.5. The Labute approximate surface area is 218 Å². The summed E-state index contributed by atoms with van der Waals surface area (Å²) in [5.41, 5.74) is 1.94. The van der Waals surface area contributed by atoms with E-state index < -0.39 is 42.2 Å². The summed E-state index contributed by atoms with van der Waals surface area (Å²) >= 11 is 6.35. The van der Waals surface area contributed by atoms with E-state index in [1.54, 1.807) is 39.0 Å². The second kappa shape index (κ2) is 12.7. The van der Waals surface area contributed by atoms with E-state index in [0.29, 0.717) is 22.7 Å². The van der Waals surface area contributed by atoms with Gasteiger partial charge >= 0.3 is 6.09 Å². The van der Waals surface area contributed by atoms with E-state index in [2.05, 4.69) is 10.6 Å². The van der Waals surface area contributed by atoms with Crippen LogP contribution in [0.5, 0.6) is 0 Å². The zero-order valence-corrected chi connectivity index (χ0v) is 22.5. The van der Waals surface area contributed by atoms with E-state index in [1.165, 1.54) is 4.90 Å². The van der Waals surface area contributed by atoms with E-state index >= 15 is 0 Å². The maximum absolute atomic E-state index is 13.7. The largest absolute Gasteiger partial charge is 0.444 e. The molecule has 2 atom stereocenters. The van der Waals surface area contributed by atoms with Crippen molar-refractivity contribution in [1.82, 2.24) is 10.2 Å². The Morgan fingerprint density at radius 2 is 1.78 bits per heavy atom. The molecule has 0 fully saturated rings. The normalized spacial score (nSPS) is 12.9. The van der Waals surface area contributed by atoms with Gasteiger partial charge in [0.2, 0.25) is 5.91 Å². The zero-order chi connectivity index (χ0) is 27.0. The number of hydrogen-bond acceptors (Lipinski definition) is 5. The molecule has 3 N–H and O–H groups in total. The highest BCUT2D eigenvalue weighted by Gasteiger charge is 2.36. The molecule has 0 bridgehead atoms. The lowest BCUT2D eigenvalue weighted by atomic mass is 10.0. The van der Waals surface area contributed by atoms with Gasteiger partial charge in [0, 0.05) is 6.54 Å². The first-order chi connectivity index (χ1) is 16.9. The van der Waals surface area contributed by atoms with E-state index in [1.807, 2.05) is 45.0 Å². The number of alkyl carbamates (subject to hydrolysis) is 1. The van der Waals surface area contributed by atoms with Crippen LogP contribution in [0.25, 0.3) is 0 Å². The molecule has 0 aliphatic rings. The summed E-state index contributed by atoms with van der Waals surface area (Å²) < 4.78 is 5.25. The number of ether oxygens (including phenoxy) is 1. The summed E-state index contributed by atoms with van der Waals surface area (Å²) in [6.45, 7) is 10.2. The number of nitrogens with zero attached hydrogens (tertiary/aromatic N) is 1. The maximum atomic E-state index is 13.7. The summed E-state index contributed by atoms with van der Waals surface area (Å²) in [6.07, 6.45) is -0.300. The number of nitrogens with one attached hydrogen (secondary N) is 2. The average molecular weight is 518 g/mol. The van der Waals surface area contributed by atoms with Crippen LogP contribution in [-0.4, -0.2) is 52.7 Å². The minimum atomic E-state index is -1.30. The van der Waals surface area contributed by atoms with Crippen molar-refractivity contribution in [2.45, 2.75) is 65.6 Å². The molecular weight excluding hydrogens is 482 g/mol. The van der Waals surface area contributed by atoms with E-state index in [4.69, 9.17) is 16.3 Å². The topological polar surface area (TPSA) is 108 Å². The smallest absolute Gasteiger partial charge is 0.408 e. The number of para-hydroxylation sites is 1. The molecule has 0 heterocycles. The first-order valence-electron chi connectivity index (χ1n) is 11.9. The summed E-state index contributed by atoms with van der Waals surface area (Å²) in [4.78, 5) is 41.1. The number of halogens is 1. The predicted molar refractivity (Wildman–Crippen MR) is 141 cm³/mol. The highest BCUT2D eigenvalue weighted by molar-refractivity contribution is 6.34. The first kappa shape index (κ1) is 29.1. The Hall–Kier alpha value is -3.10. The van der Waals surface area contributed by atoms with E-state index in [-0.39, 0.29) is 6.54 Å². The molecule has 0 aromatic heterocycles. The molecule has 9 heteroatoms. The van der Waals surface area contributed by atoms with Gasteiger partial charge in [0.25, 0.3) is 5.91 Å². The molecule has 2 rings (SSSR count). The van der Waals surface area contributed by atoms with Crippen LogP contribution in [0.2, 0.25) is 5.02 Å². The average Bonchev–Trinajstić information content (AvgIpc) is 2.78. The lowest BCUT2D eigenvalue weighted by Crippen LogP contribution is -2.54. The highest BCUT2D eigenvalue weighted by Crippen LogP contribution is 2.29. The first-order valence-corrected chi connectivity index (χ1v) is 12.3. The molecule has 0 spiro atoms. The van der Waals surface area contributed by atoms with Crippen molar-refractivity contribution in [1.29, 1.82) is 0 Å². The Kier molecular flexibility index (Phi) is 10.3. The molecule has 2 unspecified atom stereocenters. The number of aliphatic hydroxyl groups is 1. The van der Waals surface area contributed by atoms with Gasteiger partial charge in [-0.05, 0) is 58.2 Å². The fourth-order valence-electron chi connectivity index (χ4n) is 3.74. The molecular formula is C27H36ClN3O5. The van der Waals surface area contributed by atoms with Gasteiger partial charge in [-0.15, -0.1) is 0 Å². The van der Waals surface area contributed by atoms with E-state index in [9.17, 15) is 19.5 Å². The summed E-state index contributed by atoms with van der Waals surface area (Å²) in [6, 6.07) is 10.2. The van der Waals surface area contributed by atoms with Crippen LogP contribution in [0.3, 0.4) is 0 Å². The van der Waals surface area contributed by atoms with Crippen LogP contribution in [-0.2, 0) is 14.3 Å². The summed E-state index contributed by atoms with van der Waals surface area (Å²) in [5, 5.41) is 15.7. The Balaban J connectivity index is 2.48. The van der Waals surface area contributed by atoms with Gasteiger partial charge in [-0.3, -0.25) is 9.59 Å². The fraction of sp³-hybridized carbons (Fsp3) is 0.444. The van der Waals surface area contributed by atoms with Gasteiger partial charge in [0.15, 0.2) is 0 Å². The third-order valence-corrected chi connectivity index (χ3v) is 5.62. The van der Waals surface area contributed by atoms with Crippen LogP contribution >= 0.6 is 11.6 Å². The van der Waals surface area contributed by atoms with E-state index in [0.717, 1.165) is 11.1 Å². The molecule has 2 aromatic carbocycles. The second-order valence-electron chi connectivity index (χ2n) is 9.65. The van der Waals surface area contributed by atoms with Crippen molar-refractivity contribution < 1.29 is 24.2 Å². The van der Waals surface area contributed by atoms with Crippen LogP contribution < -0.4 is 10.6 Å². The fourth-order valence-corrected chi connectivity index (χ4v) is 4.01. The Morgan fingerprint density at radius 1 is 1.11 bits per heavy atom. The van der Waals surface area contributed by atoms with Gasteiger partial charge in [-0.2, -0.15) is 0 Å². The molecule has 0 saturated heterocycles. The number of carbonyl (C=O) groups excluding carboxylic acids is 3. The van der Waals surface area contributed by atoms with Crippen molar-refractivity contribution in [3.8, 4) is 0 Å². The predicted octanol–water partition coefficient (Wildman–Crippen LogP) is 4.76. The monoisotopic (exact) mass is 517 g/mol. The summed E-state index contributed by atoms with van der Waals surface area (Å²) in [7, 11) is 0. The zero-order valence-electron chi connectivity index (χ0n) is 21.7. The lowest BCUT2D eigenvalue weighted by Gasteiger charge is -2.34. The number of rotatable bonds is 9. The number of amides is 3. The Bertz CT molecular complexity index is 1060. The number of benzene rings is 2. The lowest BCUT2D eigenvalue weighted by molar-refractivity contribution is -0.141. The molecule has 2 aromatic rings. The molecule has 36 heavy (non-hydrogen) atoms. The molecule has 0 radical (unpaired) electrons. The van der Waals surface area contributed by atoms with Gasteiger partial charge in [-0.25, -0.2) is 4.79 Å². The van der Waals surface area contributed by atoms with Crippen molar-refractivity contribution >= 4 is 35.2 Å². The van der Waals surface area contributed by atoms with Crippen LogP contribution in [0.4, 0.5) is 10.5 Å². The number of anilines is 1. The second-order valence-corrected chi connectivity index (χ2v) is 10.1. The molecule has 8 nitrogen and oxygen atoms in total. The van der Waals surface area contributed by atoms with Crippen molar-refractivity contribution in [2.75, 3.05) is 18.5 Å². The Morgan fingerprint density at radius 3 is 2.33 bits per heavy atom. The molecule has 0 aliphatic heterocycles.